The van der Waals surface area contributed by atoms with Gasteiger partial charge in [-0.1, -0.05) is 0 Å². The summed E-state index contributed by atoms with van der Waals surface area (Å²) in [6.07, 6.45) is 3.35. The van der Waals surface area contributed by atoms with Crippen LogP contribution in [0.1, 0.15) is 0 Å². The summed E-state index contributed by atoms with van der Waals surface area (Å²) in [4.78, 5) is 4.13. The number of H-pyrrole nitrogens is 1. The normalized spacial score (nSPS) is 10.5. The van der Waals surface area contributed by atoms with E-state index in [1.54, 1.807) is 19.5 Å². The van der Waals surface area contributed by atoms with Gasteiger partial charge >= 0.3 is 0 Å². The summed E-state index contributed by atoms with van der Waals surface area (Å²) in [7, 11) is 1.61. The molecule has 2 aromatic rings. The number of nitrogens with zero attached hydrogens (tertiary/aromatic N) is 2. The minimum Gasteiger partial charge on any atom is -0.493 e. The highest BCUT2D eigenvalue weighted by Crippen LogP contribution is 2.29. The molecule has 1 N–H and O–H groups in total. The standard InChI is InChI=1S/C7H6BrN3O/c1-12-7-4(8)2-9-5-3-10-11-6(5)7/h2-3H,1H3,(H,10,11). The molecule has 0 radical (unpaired) electrons. The highest BCUT2D eigenvalue weighted by atomic mass is 79.9. The Hall–Kier alpha value is -1.10. The molecule has 12 heavy (non-hydrogen) atoms. The minimum absolute atomic E-state index is 0.734. The highest BCUT2D eigenvalue weighted by molar-refractivity contribution is 9.10. The van der Waals surface area contributed by atoms with Gasteiger partial charge < -0.3 is 4.74 Å². The maximum Gasteiger partial charge on any atom is 0.161 e. The van der Waals surface area contributed by atoms with Gasteiger partial charge in [0.2, 0.25) is 0 Å². The summed E-state index contributed by atoms with van der Waals surface area (Å²) in [5.74, 6) is 0.734. The molecule has 0 aliphatic carbocycles. The lowest BCUT2D eigenvalue weighted by Gasteiger charge is -2.01. The Kier molecular flexibility index (Phi) is 1.73. The quantitative estimate of drug-likeness (QED) is 0.808. The van der Waals surface area contributed by atoms with Crippen LogP contribution in [0.2, 0.25) is 0 Å². The largest absolute Gasteiger partial charge is 0.493 e. The van der Waals surface area contributed by atoms with Crippen molar-refractivity contribution in [1.82, 2.24) is 15.2 Å². The Morgan fingerprint density at radius 3 is 3.08 bits per heavy atom. The van der Waals surface area contributed by atoms with Gasteiger partial charge in [-0.05, 0) is 15.9 Å². The molecule has 0 unspecified atom stereocenters. The third-order valence-corrected chi connectivity index (χ3v) is 2.15. The molecule has 4 nitrogen and oxygen atoms in total. The second kappa shape index (κ2) is 2.75. The molecule has 0 aliphatic heterocycles. The summed E-state index contributed by atoms with van der Waals surface area (Å²) in [5.41, 5.74) is 1.61. The van der Waals surface area contributed by atoms with Gasteiger partial charge in [-0.15, -0.1) is 0 Å². The van der Waals surface area contributed by atoms with Gasteiger partial charge in [0.15, 0.2) is 5.75 Å². The van der Waals surface area contributed by atoms with Crippen molar-refractivity contribution in [3.8, 4) is 5.75 Å². The number of rotatable bonds is 1. The van der Waals surface area contributed by atoms with Crippen molar-refractivity contribution in [2.45, 2.75) is 0 Å². The van der Waals surface area contributed by atoms with Gasteiger partial charge in [0.05, 0.1) is 17.8 Å². The van der Waals surface area contributed by atoms with Crippen molar-refractivity contribution < 1.29 is 4.74 Å². The average Bonchev–Trinajstić information content (AvgIpc) is 2.52. The number of halogens is 1. The topological polar surface area (TPSA) is 50.8 Å². The zero-order chi connectivity index (χ0) is 8.55. The Balaban J connectivity index is 2.83. The maximum atomic E-state index is 5.16. The van der Waals surface area contributed by atoms with Gasteiger partial charge in [0.1, 0.15) is 11.0 Å². The fourth-order valence-corrected chi connectivity index (χ4v) is 1.51. The molecular formula is C7H6BrN3O. The lowest BCUT2D eigenvalue weighted by atomic mass is 10.3. The summed E-state index contributed by atoms with van der Waals surface area (Å²) >= 11 is 3.33. The fraction of sp³-hybridized carbons (Fsp3) is 0.143. The zero-order valence-corrected chi connectivity index (χ0v) is 7.92. The molecule has 2 heterocycles. The van der Waals surface area contributed by atoms with Crippen molar-refractivity contribution in [1.29, 1.82) is 0 Å². The van der Waals surface area contributed by atoms with E-state index in [9.17, 15) is 0 Å². The van der Waals surface area contributed by atoms with Crippen molar-refractivity contribution in [3.63, 3.8) is 0 Å². The molecule has 0 bridgehead atoms. The van der Waals surface area contributed by atoms with Crippen LogP contribution in [0, 0.1) is 0 Å². The van der Waals surface area contributed by atoms with Crippen molar-refractivity contribution in [2.24, 2.45) is 0 Å². The van der Waals surface area contributed by atoms with E-state index in [-0.39, 0.29) is 0 Å². The van der Waals surface area contributed by atoms with E-state index in [0.29, 0.717) is 0 Å². The predicted molar refractivity (Wildman–Crippen MR) is 48.1 cm³/mol. The van der Waals surface area contributed by atoms with Gasteiger partial charge in [0, 0.05) is 6.20 Å². The van der Waals surface area contributed by atoms with Crippen LogP contribution in [-0.4, -0.2) is 22.3 Å². The number of nitrogens with one attached hydrogen (secondary N) is 1. The molecule has 0 fully saturated rings. The van der Waals surface area contributed by atoms with E-state index in [2.05, 4.69) is 31.1 Å². The molecule has 0 amide bonds. The van der Waals surface area contributed by atoms with Crippen LogP contribution in [0.5, 0.6) is 5.75 Å². The van der Waals surface area contributed by atoms with Crippen LogP contribution >= 0.6 is 15.9 Å². The Labute approximate surface area is 77.1 Å². The first-order valence-corrected chi connectivity index (χ1v) is 4.14. The number of methoxy groups -OCH3 is 1. The van der Waals surface area contributed by atoms with E-state index in [0.717, 1.165) is 21.3 Å². The first kappa shape index (κ1) is 7.54. The van der Waals surface area contributed by atoms with Crippen LogP contribution in [0.15, 0.2) is 16.9 Å². The Bertz CT molecular complexity index is 412. The smallest absolute Gasteiger partial charge is 0.161 e. The summed E-state index contributed by atoms with van der Waals surface area (Å²) in [6.45, 7) is 0. The van der Waals surface area contributed by atoms with Crippen LogP contribution < -0.4 is 4.74 Å². The van der Waals surface area contributed by atoms with Gasteiger partial charge in [-0.3, -0.25) is 10.1 Å². The van der Waals surface area contributed by atoms with E-state index in [4.69, 9.17) is 4.74 Å². The third kappa shape index (κ3) is 0.972. The number of hydrogen-bond donors (Lipinski definition) is 1. The predicted octanol–water partition coefficient (Wildman–Crippen LogP) is 1.73. The monoisotopic (exact) mass is 227 g/mol. The van der Waals surface area contributed by atoms with Crippen LogP contribution in [0.3, 0.4) is 0 Å². The van der Waals surface area contributed by atoms with E-state index < -0.39 is 0 Å². The lowest BCUT2D eigenvalue weighted by Crippen LogP contribution is -1.87. The Morgan fingerprint density at radius 2 is 2.33 bits per heavy atom. The molecule has 0 aliphatic rings. The number of aromatic nitrogens is 3. The highest BCUT2D eigenvalue weighted by Gasteiger charge is 2.07. The van der Waals surface area contributed by atoms with E-state index in [1.807, 2.05) is 0 Å². The van der Waals surface area contributed by atoms with E-state index in [1.165, 1.54) is 0 Å². The second-order valence-corrected chi connectivity index (χ2v) is 3.12. The summed E-state index contributed by atoms with van der Waals surface area (Å²) in [5, 5.41) is 6.68. The molecule has 2 aromatic heterocycles. The number of aromatic amines is 1. The van der Waals surface area contributed by atoms with Gasteiger partial charge in [-0.2, -0.15) is 5.10 Å². The van der Waals surface area contributed by atoms with Crippen molar-refractivity contribution in [3.05, 3.63) is 16.9 Å². The first-order valence-electron chi connectivity index (χ1n) is 3.34. The molecule has 2 rings (SSSR count). The Morgan fingerprint density at radius 1 is 1.50 bits per heavy atom. The van der Waals surface area contributed by atoms with Crippen LogP contribution in [-0.2, 0) is 0 Å². The third-order valence-electron chi connectivity index (χ3n) is 1.58. The van der Waals surface area contributed by atoms with Gasteiger partial charge in [-0.25, -0.2) is 0 Å². The first-order chi connectivity index (χ1) is 5.83. The molecule has 5 heteroatoms. The number of pyridine rings is 1. The summed E-state index contributed by atoms with van der Waals surface area (Å²) < 4.78 is 5.98. The fourth-order valence-electron chi connectivity index (χ4n) is 1.05. The molecular weight excluding hydrogens is 222 g/mol. The molecule has 0 saturated heterocycles. The zero-order valence-electron chi connectivity index (χ0n) is 6.34. The molecule has 0 aromatic carbocycles. The lowest BCUT2D eigenvalue weighted by molar-refractivity contribution is 0.416. The van der Waals surface area contributed by atoms with E-state index >= 15 is 0 Å². The minimum atomic E-state index is 0.734. The number of hydrogen-bond acceptors (Lipinski definition) is 3. The SMILES string of the molecule is COc1c(Br)cnc2cn[nH]c12. The second-order valence-electron chi connectivity index (χ2n) is 2.27. The number of ether oxygens (including phenoxy) is 1. The van der Waals surface area contributed by atoms with Gasteiger partial charge in [0.25, 0.3) is 0 Å². The average molecular weight is 228 g/mol. The molecule has 0 atom stereocenters. The maximum absolute atomic E-state index is 5.16. The molecule has 62 valence electrons. The van der Waals surface area contributed by atoms with Crippen molar-refractivity contribution in [2.75, 3.05) is 7.11 Å². The summed E-state index contributed by atoms with van der Waals surface area (Å²) in [6, 6.07) is 0. The molecule has 0 saturated carbocycles. The number of fused-ring (bicyclic) bond motifs is 1. The molecule has 0 spiro atoms. The van der Waals surface area contributed by atoms with Crippen molar-refractivity contribution >= 4 is 27.0 Å². The van der Waals surface area contributed by atoms with Crippen LogP contribution in [0.25, 0.3) is 11.0 Å². The van der Waals surface area contributed by atoms with Crippen LogP contribution in [0.4, 0.5) is 0 Å².